The number of ether oxygens (including phenoxy) is 1. The Morgan fingerprint density at radius 1 is 1.40 bits per heavy atom. The summed E-state index contributed by atoms with van der Waals surface area (Å²) in [5.74, 6) is 2.02. The second-order valence-electron chi connectivity index (χ2n) is 5.23. The first-order chi connectivity index (χ1) is 9.54. The van der Waals surface area contributed by atoms with Crippen molar-refractivity contribution in [3.63, 3.8) is 0 Å². The third-order valence-electron chi connectivity index (χ3n) is 3.83. The van der Waals surface area contributed by atoms with Crippen LogP contribution in [0.15, 0.2) is 22.7 Å². The number of methoxy groups -OCH3 is 1. The zero-order chi connectivity index (χ0) is 14.8. The first kappa shape index (κ1) is 14.5. The van der Waals surface area contributed by atoms with Crippen molar-refractivity contribution in [3.8, 4) is 17.1 Å². The highest BCUT2D eigenvalue weighted by Gasteiger charge is 2.29. The summed E-state index contributed by atoms with van der Waals surface area (Å²) in [6, 6.07) is 5.81. The summed E-state index contributed by atoms with van der Waals surface area (Å²) in [6.45, 7) is 6.56. The predicted octanol–water partition coefficient (Wildman–Crippen LogP) is 2.68. The molecular formula is C15H21N3O2. The third kappa shape index (κ3) is 2.54. The van der Waals surface area contributed by atoms with Gasteiger partial charge in [0.05, 0.1) is 12.5 Å². The van der Waals surface area contributed by atoms with Crippen LogP contribution < -0.4 is 10.5 Å². The van der Waals surface area contributed by atoms with Crippen molar-refractivity contribution in [3.05, 3.63) is 29.7 Å². The summed E-state index contributed by atoms with van der Waals surface area (Å²) in [5, 5.41) is 4.06. The lowest BCUT2D eigenvalue weighted by Crippen LogP contribution is -2.31. The largest absolute Gasteiger partial charge is 0.496 e. The molecule has 0 fully saturated rings. The Bertz CT molecular complexity index is 589. The molecule has 5 heteroatoms. The number of hydrogen-bond donors (Lipinski definition) is 1. The summed E-state index contributed by atoms with van der Waals surface area (Å²) in [5.41, 5.74) is 7.49. The van der Waals surface area contributed by atoms with Gasteiger partial charge in [0.25, 0.3) is 0 Å². The van der Waals surface area contributed by atoms with Crippen LogP contribution in [0.1, 0.15) is 31.7 Å². The highest BCUT2D eigenvalue weighted by molar-refractivity contribution is 5.58. The van der Waals surface area contributed by atoms with Gasteiger partial charge in [0.15, 0.2) is 0 Å². The van der Waals surface area contributed by atoms with Crippen molar-refractivity contribution in [2.45, 2.75) is 32.6 Å². The van der Waals surface area contributed by atoms with E-state index in [-0.39, 0.29) is 5.41 Å². The Labute approximate surface area is 119 Å². The molecule has 0 aliphatic rings. The van der Waals surface area contributed by atoms with Crippen molar-refractivity contribution in [2.24, 2.45) is 5.73 Å². The Hall–Kier alpha value is -1.88. The van der Waals surface area contributed by atoms with Gasteiger partial charge in [0.2, 0.25) is 11.7 Å². The van der Waals surface area contributed by atoms with E-state index < -0.39 is 0 Å². The Kier molecular flexibility index (Phi) is 4.09. The number of aryl methyl sites for hydroxylation is 1. The van der Waals surface area contributed by atoms with Crippen LogP contribution in [-0.2, 0) is 5.41 Å². The van der Waals surface area contributed by atoms with Crippen molar-refractivity contribution >= 4 is 0 Å². The number of nitrogens with zero attached hydrogens (tertiary/aromatic N) is 2. The lowest BCUT2D eigenvalue weighted by Gasteiger charge is -2.20. The summed E-state index contributed by atoms with van der Waals surface area (Å²) in [6.07, 6.45) is 0.854. The summed E-state index contributed by atoms with van der Waals surface area (Å²) in [7, 11) is 1.66. The van der Waals surface area contributed by atoms with Crippen LogP contribution in [0.3, 0.4) is 0 Å². The predicted molar refractivity (Wildman–Crippen MR) is 77.7 cm³/mol. The molecule has 0 amide bonds. The van der Waals surface area contributed by atoms with E-state index >= 15 is 0 Å². The van der Waals surface area contributed by atoms with Gasteiger partial charge in [-0.15, -0.1) is 0 Å². The highest BCUT2D eigenvalue weighted by Crippen LogP contribution is 2.28. The van der Waals surface area contributed by atoms with Gasteiger partial charge in [-0.3, -0.25) is 0 Å². The summed E-state index contributed by atoms with van der Waals surface area (Å²) < 4.78 is 10.6. The molecule has 1 aromatic carbocycles. The van der Waals surface area contributed by atoms with Gasteiger partial charge in [0.1, 0.15) is 5.75 Å². The molecule has 108 valence electrons. The molecule has 0 saturated heterocycles. The summed E-state index contributed by atoms with van der Waals surface area (Å²) in [4.78, 5) is 4.49. The van der Waals surface area contributed by atoms with Crippen molar-refractivity contribution < 1.29 is 9.26 Å². The SMILES string of the molecule is CCC(C)(CN)c1nc(-c2ccc(OC)c(C)c2)no1. The molecule has 20 heavy (non-hydrogen) atoms. The van der Waals surface area contributed by atoms with Crippen LogP contribution in [-0.4, -0.2) is 23.8 Å². The van der Waals surface area contributed by atoms with Gasteiger partial charge in [-0.2, -0.15) is 4.98 Å². The lowest BCUT2D eigenvalue weighted by molar-refractivity contribution is 0.291. The molecule has 0 bridgehead atoms. The maximum Gasteiger partial charge on any atom is 0.234 e. The maximum atomic E-state index is 5.82. The van der Waals surface area contributed by atoms with Gasteiger partial charge >= 0.3 is 0 Å². The monoisotopic (exact) mass is 275 g/mol. The number of benzene rings is 1. The number of hydrogen-bond acceptors (Lipinski definition) is 5. The molecule has 1 aromatic heterocycles. The molecule has 2 rings (SSSR count). The quantitative estimate of drug-likeness (QED) is 0.908. The van der Waals surface area contributed by atoms with Gasteiger partial charge in [-0.25, -0.2) is 0 Å². The van der Waals surface area contributed by atoms with Gasteiger partial charge in [-0.05, 0) is 44.0 Å². The van der Waals surface area contributed by atoms with E-state index in [1.165, 1.54) is 0 Å². The molecule has 5 nitrogen and oxygen atoms in total. The molecule has 0 spiro atoms. The molecule has 1 heterocycles. The lowest BCUT2D eigenvalue weighted by atomic mass is 9.88. The van der Waals surface area contributed by atoms with E-state index in [2.05, 4.69) is 17.1 Å². The smallest absolute Gasteiger partial charge is 0.234 e. The second-order valence-corrected chi connectivity index (χ2v) is 5.23. The summed E-state index contributed by atoms with van der Waals surface area (Å²) >= 11 is 0. The fraction of sp³-hybridized carbons (Fsp3) is 0.467. The number of rotatable bonds is 5. The van der Waals surface area contributed by atoms with Crippen LogP contribution in [0.2, 0.25) is 0 Å². The Morgan fingerprint density at radius 2 is 2.15 bits per heavy atom. The fourth-order valence-electron chi connectivity index (χ4n) is 1.99. The normalized spacial score (nSPS) is 14.1. The third-order valence-corrected chi connectivity index (χ3v) is 3.83. The Balaban J connectivity index is 2.36. The minimum Gasteiger partial charge on any atom is -0.496 e. The zero-order valence-electron chi connectivity index (χ0n) is 12.4. The maximum absolute atomic E-state index is 5.82. The molecule has 2 N–H and O–H groups in total. The minimum absolute atomic E-state index is 0.271. The standard InChI is InChI=1S/C15H21N3O2/c1-5-15(3,9-16)14-17-13(18-20-14)11-6-7-12(19-4)10(2)8-11/h6-8H,5,9,16H2,1-4H3. The van der Waals surface area contributed by atoms with E-state index in [1.54, 1.807) is 7.11 Å². The van der Waals surface area contributed by atoms with Crippen molar-refractivity contribution in [1.29, 1.82) is 0 Å². The number of aromatic nitrogens is 2. The first-order valence-corrected chi connectivity index (χ1v) is 6.73. The van der Waals surface area contributed by atoms with Crippen molar-refractivity contribution in [2.75, 3.05) is 13.7 Å². The average molecular weight is 275 g/mol. The topological polar surface area (TPSA) is 74.2 Å². The molecule has 0 radical (unpaired) electrons. The fourth-order valence-corrected chi connectivity index (χ4v) is 1.99. The zero-order valence-corrected chi connectivity index (χ0v) is 12.4. The van der Waals surface area contributed by atoms with Crippen LogP contribution in [0, 0.1) is 6.92 Å². The van der Waals surface area contributed by atoms with Gasteiger partial charge < -0.3 is 15.0 Å². The van der Waals surface area contributed by atoms with Crippen molar-refractivity contribution in [1.82, 2.24) is 10.1 Å². The molecule has 0 aliphatic heterocycles. The molecule has 0 aliphatic carbocycles. The van der Waals surface area contributed by atoms with Crippen LogP contribution in [0.4, 0.5) is 0 Å². The molecular weight excluding hydrogens is 254 g/mol. The molecule has 0 saturated carbocycles. The highest BCUT2D eigenvalue weighted by atomic mass is 16.5. The van der Waals surface area contributed by atoms with Gasteiger partial charge in [0, 0.05) is 12.1 Å². The van der Waals surface area contributed by atoms with Crippen LogP contribution >= 0.6 is 0 Å². The number of nitrogens with two attached hydrogens (primary N) is 1. The van der Waals surface area contributed by atoms with E-state index in [0.29, 0.717) is 18.3 Å². The molecule has 1 unspecified atom stereocenters. The van der Waals surface area contributed by atoms with Crippen LogP contribution in [0.25, 0.3) is 11.4 Å². The Morgan fingerprint density at radius 3 is 2.70 bits per heavy atom. The van der Waals surface area contributed by atoms with Gasteiger partial charge in [-0.1, -0.05) is 12.1 Å². The average Bonchev–Trinajstić information content (AvgIpc) is 2.96. The van der Waals surface area contributed by atoms with Crippen LogP contribution in [0.5, 0.6) is 5.75 Å². The van der Waals surface area contributed by atoms with E-state index in [0.717, 1.165) is 23.3 Å². The minimum atomic E-state index is -0.271. The van der Waals surface area contributed by atoms with E-state index in [4.69, 9.17) is 15.0 Å². The molecule has 2 aromatic rings. The molecule has 1 atom stereocenters. The van der Waals surface area contributed by atoms with E-state index in [9.17, 15) is 0 Å². The van der Waals surface area contributed by atoms with E-state index in [1.807, 2.05) is 32.0 Å². The second kappa shape index (κ2) is 5.63. The first-order valence-electron chi connectivity index (χ1n) is 6.73.